The summed E-state index contributed by atoms with van der Waals surface area (Å²) in [6.45, 7) is 0. The van der Waals surface area contributed by atoms with Crippen LogP contribution in [0, 0.1) is 3.57 Å². The SMILES string of the molecule is Oc1[nH]c2ccc(I)cc2c1N=Nc1ccccn1. The van der Waals surface area contributed by atoms with E-state index >= 15 is 0 Å². The molecule has 0 aliphatic heterocycles. The minimum atomic E-state index is 0.0108. The highest BCUT2D eigenvalue weighted by Gasteiger charge is 2.10. The summed E-state index contributed by atoms with van der Waals surface area (Å²) in [7, 11) is 0. The predicted molar refractivity (Wildman–Crippen MR) is 81.1 cm³/mol. The molecule has 19 heavy (non-hydrogen) atoms. The van der Waals surface area contributed by atoms with Crippen molar-refractivity contribution in [2.75, 3.05) is 0 Å². The van der Waals surface area contributed by atoms with Gasteiger partial charge in [-0.15, -0.1) is 10.2 Å². The third-order valence-electron chi connectivity index (χ3n) is 2.62. The van der Waals surface area contributed by atoms with Crippen LogP contribution in [-0.2, 0) is 0 Å². The van der Waals surface area contributed by atoms with Crippen LogP contribution in [-0.4, -0.2) is 15.1 Å². The van der Waals surface area contributed by atoms with Crippen molar-refractivity contribution in [2.45, 2.75) is 0 Å². The number of hydrogen-bond acceptors (Lipinski definition) is 4. The van der Waals surface area contributed by atoms with Crippen molar-refractivity contribution in [1.29, 1.82) is 0 Å². The molecule has 5 nitrogen and oxygen atoms in total. The first kappa shape index (κ1) is 12.1. The molecule has 0 saturated heterocycles. The van der Waals surface area contributed by atoms with E-state index in [0.717, 1.165) is 14.5 Å². The number of nitrogens with one attached hydrogen (secondary N) is 1. The van der Waals surface area contributed by atoms with E-state index in [2.05, 4.69) is 42.8 Å². The minimum absolute atomic E-state index is 0.0108. The van der Waals surface area contributed by atoms with Crippen LogP contribution in [0.5, 0.6) is 5.88 Å². The second-order valence-corrected chi connectivity index (χ2v) is 5.15. The first-order chi connectivity index (χ1) is 9.24. The number of aromatic amines is 1. The number of aromatic nitrogens is 2. The van der Waals surface area contributed by atoms with E-state index in [1.54, 1.807) is 12.3 Å². The molecule has 0 amide bonds. The lowest BCUT2D eigenvalue weighted by Crippen LogP contribution is -1.71. The summed E-state index contributed by atoms with van der Waals surface area (Å²) in [5.74, 6) is 0.513. The second kappa shape index (κ2) is 4.96. The lowest BCUT2D eigenvalue weighted by molar-refractivity contribution is 0.459. The monoisotopic (exact) mass is 364 g/mol. The van der Waals surface area contributed by atoms with E-state index in [-0.39, 0.29) is 5.88 Å². The van der Waals surface area contributed by atoms with Gasteiger partial charge in [-0.25, -0.2) is 4.98 Å². The van der Waals surface area contributed by atoms with E-state index < -0.39 is 0 Å². The van der Waals surface area contributed by atoms with Crippen LogP contribution in [0.25, 0.3) is 10.9 Å². The number of halogens is 1. The maximum absolute atomic E-state index is 9.87. The summed E-state index contributed by atoms with van der Waals surface area (Å²) in [6.07, 6.45) is 1.65. The summed E-state index contributed by atoms with van der Waals surface area (Å²) in [4.78, 5) is 6.92. The summed E-state index contributed by atoms with van der Waals surface area (Å²) in [5, 5.41) is 18.8. The third-order valence-corrected chi connectivity index (χ3v) is 3.29. The highest BCUT2D eigenvalue weighted by Crippen LogP contribution is 2.36. The smallest absolute Gasteiger partial charge is 0.218 e. The fourth-order valence-corrected chi connectivity index (χ4v) is 2.24. The number of azo groups is 1. The third kappa shape index (κ3) is 2.43. The van der Waals surface area contributed by atoms with Gasteiger partial charge in [0.15, 0.2) is 11.5 Å². The molecule has 3 aromatic rings. The Bertz CT molecular complexity index is 752. The highest BCUT2D eigenvalue weighted by molar-refractivity contribution is 14.1. The lowest BCUT2D eigenvalue weighted by atomic mass is 10.2. The van der Waals surface area contributed by atoms with Crippen molar-refractivity contribution in [2.24, 2.45) is 10.2 Å². The molecule has 0 radical (unpaired) electrons. The van der Waals surface area contributed by atoms with Crippen LogP contribution < -0.4 is 0 Å². The zero-order valence-corrected chi connectivity index (χ0v) is 11.9. The van der Waals surface area contributed by atoms with E-state index in [9.17, 15) is 5.11 Å². The normalized spacial score (nSPS) is 11.4. The average molecular weight is 364 g/mol. The zero-order valence-electron chi connectivity index (χ0n) is 9.71. The van der Waals surface area contributed by atoms with Gasteiger partial charge >= 0.3 is 0 Å². The van der Waals surface area contributed by atoms with Crippen molar-refractivity contribution in [3.05, 3.63) is 46.2 Å². The van der Waals surface area contributed by atoms with Crippen LogP contribution in [0.2, 0.25) is 0 Å². The molecule has 0 aliphatic rings. The Labute approximate surface area is 122 Å². The fraction of sp³-hybridized carbons (Fsp3) is 0. The molecule has 2 N–H and O–H groups in total. The Kier molecular flexibility index (Phi) is 3.16. The Hall–Kier alpha value is -1.96. The lowest BCUT2D eigenvalue weighted by Gasteiger charge is -1.93. The van der Waals surface area contributed by atoms with Crippen molar-refractivity contribution < 1.29 is 5.11 Å². The van der Waals surface area contributed by atoms with Crippen LogP contribution in [0.3, 0.4) is 0 Å². The topological polar surface area (TPSA) is 73.6 Å². The van der Waals surface area contributed by atoms with Gasteiger partial charge in [0, 0.05) is 15.2 Å². The molecule has 0 unspecified atom stereocenters. The van der Waals surface area contributed by atoms with Crippen LogP contribution >= 0.6 is 22.6 Å². The molecular weight excluding hydrogens is 355 g/mol. The maximum atomic E-state index is 9.87. The quantitative estimate of drug-likeness (QED) is 0.526. The summed E-state index contributed by atoms with van der Waals surface area (Å²) >= 11 is 2.21. The highest BCUT2D eigenvalue weighted by atomic mass is 127. The van der Waals surface area contributed by atoms with Crippen molar-refractivity contribution >= 4 is 45.0 Å². The predicted octanol–water partition coefficient (Wildman–Crippen LogP) is 4.29. The molecular formula is C13H9IN4O. The van der Waals surface area contributed by atoms with Crippen LogP contribution in [0.15, 0.2) is 52.8 Å². The standard InChI is InChI=1S/C13H9IN4O/c14-8-4-5-10-9(7-8)12(13(19)16-10)18-17-11-3-1-2-6-15-11/h1-7,16,19H. The van der Waals surface area contributed by atoms with Gasteiger partial charge in [-0.1, -0.05) is 6.07 Å². The molecule has 1 aromatic carbocycles. The number of fused-ring (bicyclic) bond motifs is 1. The molecule has 6 heteroatoms. The van der Waals surface area contributed by atoms with Gasteiger partial charge in [-0.3, -0.25) is 0 Å². The molecule has 3 rings (SSSR count). The van der Waals surface area contributed by atoms with Gasteiger partial charge in [0.25, 0.3) is 0 Å². The largest absolute Gasteiger partial charge is 0.493 e. The van der Waals surface area contributed by atoms with Crippen LogP contribution in [0.1, 0.15) is 0 Å². The Morgan fingerprint density at radius 2 is 2.05 bits per heavy atom. The van der Waals surface area contributed by atoms with E-state index in [1.807, 2.05) is 30.3 Å². The van der Waals surface area contributed by atoms with E-state index in [4.69, 9.17) is 0 Å². The number of benzene rings is 1. The first-order valence-corrected chi connectivity index (χ1v) is 6.65. The Morgan fingerprint density at radius 3 is 2.84 bits per heavy atom. The molecule has 2 heterocycles. The minimum Gasteiger partial charge on any atom is -0.493 e. The second-order valence-electron chi connectivity index (χ2n) is 3.90. The number of aromatic hydroxyl groups is 1. The molecule has 0 saturated carbocycles. The fourth-order valence-electron chi connectivity index (χ4n) is 1.75. The number of rotatable bonds is 2. The first-order valence-electron chi connectivity index (χ1n) is 5.57. The molecule has 94 valence electrons. The molecule has 2 aromatic heterocycles. The maximum Gasteiger partial charge on any atom is 0.218 e. The number of nitrogens with zero attached hydrogens (tertiary/aromatic N) is 3. The molecule has 0 atom stereocenters. The Morgan fingerprint density at radius 1 is 1.16 bits per heavy atom. The summed E-state index contributed by atoms with van der Waals surface area (Å²) in [6, 6.07) is 11.2. The van der Waals surface area contributed by atoms with Crippen LogP contribution in [0.4, 0.5) is 11.5 Å². The number of H-pyrrole nitrogens is 1. The number of hydrogen-bond donors (Lipinski definition) is 2. The van der Waals surface area contributed by atoms with E-state index in [1.165, 1.54) is 0 Å². The van der Waals surface area contributed by atoms with Gasteiger partial charge in [-0.05, 0) is 52.9 Å². The van der Waals surface area contributed by atoms with Gasteiger partial charge in [0.05, 0.1) is 5.52 Å². The van der Waals surface area contributed by atoms with E-state index in [0.29, 0.717) is 11.5 Å². The van der Waals surface area contributed by atoms with Gasteiger partial charge in [0.1, 0.15) is 0 Å². The number of pyridine rings is 1. The average Bonchev–Trinajstić information content (AvgIpc) is 2.73. The van der Waals surface area contributed by atoms with Crippen molar-refractivity contribution in [3.63, 3.8) is 0 Å². The molecule has 0 spiro atoms. The summed E-state index contributed by atoms with van der Waals surface area (Å²) in [5.41, 5.74) is 1.26. The van der Waals surface area contributed by atoms with Gasteiger partial charge in [-0.2, -0.15) is 0 Å². The Balaban J connectivity index is 2.07. The van der Waals surface area contributed by atoms with Gasteiger partial charge in [0.2, 0.25) is 5.88 Å². The molecule has 0 bridgehead atoms. The van der Waals surface area contributed by atoms with Crippen molar-refractivity contribution in [1.82, 2.24) is 9.97 Å². The van der Waals surface area contributed by atoms with Gasteiger partial charge < -0.3 is 10.1 Å². The molecule has 0 fully saturated rings. The zero-order chi connectivity index (χ0) is 13.2. The van der Waals surface area contributed by atoms with Crippen molar-refractivity contribution in [3.8, 4) is 5.88 Å². The summed E-state index contributed by atoms with van der Waals surface area (Å²) < 4.78 is 1.07. The molecule has 0 aliphatic carbocycles.